The summed E-state index contributed by atoms with van der Waals surface area (Å²) < 4.78 is 0.707. The molecule has 1 aliphatic rings. The molecule has 6 amide bonds. The second kappa shape index (κ2) is 13.2. The van der Waals surface area contributed by atoms with E-state index in [9.17, 15) is 24.0 Å². The zero-order valence-corrected chi connectivity index (χ0v) is 16.0. The lowest BCUT2D eigenvalue weighted by Gasteiger charge is -2.26. The molecule has 0 atom stereocenters. The number of carbonyl (C=O) groups is 3. The maximum Gasteiger partial charge on any atom is 0.455 e. The van der Waals surface area contributed by atoms with Gasteiger partial charge in [-0.2, -0.15) is 9.80 Å². The van der Waals surface area contributed by atoms with E-state index in [1.807, 2.05) is 0 Å². The third-order valence-corrected chi connectivity index (χ3v) is 4.32. The molecule has 1 rings (SSSR count). The van der Waals surface area contributed by atoms with Gasteiger partial charge in [0.25, 0.3) is 0 Å². The summed E-state index contributed by atoms with van der Waals surface area (Å²) in [7, 11) is 0. The van der Waals surface area contributed by atoms with Crippen LogP contribution in [0.4, 0.5) is 14.4 Å². The minimum atomic E-state index is -0.719. The van der Waals surface area contributed by atoms with Crippen LogP contribution in [-0.2, 0) is 9.59 Å². The number of unbranched alkanes of at least 4 members (excludes halogenated alkanes) is 6. The second-order valence-electron chi connectivity index (χ2n) is 6.35. The van der Waals surface area contributed by atoms with E-state index < -0.39 is 18.1 Å². The van der Waals surface area contributed by atoms with Gasteiger partial charge >= 0.3 is 18.1 Å². The summed E-state index contributed by atoms with van der Waals surface area (Å²) in [6.45, 7) is 4.69. The number of hydrogen-bond donors (Lipinski definition) is 0. The first-order chi connectivity index (χ1) is 13.5. The van der Waals surface area contributed by atoms with Crippen LogP contribution in [0.3, 0.4) is 0 Å². The summed E-state index contributed by atoms with van der Waals surface area (Å²) in [5, 5.41) is 0. The van der Waals surface area contributed by atoms with Crippen molar-refractivity contribution in [3.8, 4) is 0 Å². The van der Waals surface area contributed by atoms with Crippen molar-refractivity contribution in [3.05, 3.63) is 0 Å². The van der Waals surface area contributed by atoms with Gasteiger partial charge in [-0.25, -0.2) is 34.0 Å². The smallest absolute Gasteiger partial charge is 0.212 e. The van der Waals surface area contributed by atoms with Crippen LogP contribution < -0.4 is 0 Å². The lowest BCUT2D eigenvalue weighted by Crippen LogP contribution is -2.60. The van der Waals surface area contributed by atoms with Crippen LogP contribution in [0.1, 0.15) is 51.4 Å². The average Bonchev–Trinajstić information content (AvgIpc) is 2.69. The van der Waals surface area contributed by atoms with Crippen molar-refractivity contribution in [3.63, 3.8) is 0 Å². The fourth-order valence-corrected chi connectivity index (χ4v) is 2.79. The molecular weight excluding hydrogens is 366 g/mol. The standard InChI is InChI=1S/C18H26N5O5/c1-21-16(26)22(12-8-4-2-6-10-19-14-24)18(28)23(17(21)27)13-9-5-3-7-11-20-15-25/h1-13H2/q+1. The molecule has 0 N–H and O–H groups in total. The molecule has 1 heterocycles. The lowest BCUT2D eigenvalue weighted by atomic mass is 10.2. The van der Waals surface area contributed by atoms with Crippen molar-refractivity contribution in [2.45, 2.75) is 51.4 Å². The molecule has 152 valence electrons. The van der Waals surface area contributed by atoms with Gasteiger partial charge in [-0.15, -0.1) is 4.58 Å². The highest BCUT2D eigenvalue weighted by Gasteiger charge is 2.48. The number of imide groups is 3. The Hall–Kier alpha value is -2.96. The van der Waals surface area contributed by atoms with Gasteiger partial charge in [0.05, 0.1) is 26.2 Å². The molecule has 0 bridgehead atoms. The van der Waals surface area contributed by atoms with Gasteiger partial charge in [-0.1, -0.05) is 25.7 Å². The molecule has 0 unspecified atom stereocenters. The predicted octanol–water partition coefficient (Wildman–Crippen LogP) is 2.47. The van der Waals surface area contributed by atoms with Gasteiger partial charge < -0.3 is 0 Å². The van der Waals surface area contributed by atoms with Gasteiger partial charge in [0, 0.05) is 6.72 Å². The van der Waals surface area contributed by atoms with Crippen LogP contribution in [0.15, 0.2) is 9.98 Å². The summed E-state index contributed by atoms with van der Waals surface area (Å²) in [4.78, 5) is 65.9. The third kappa shape index (κ3) is 7.34. The molecule has 0 aliphatic carbocycles. The van der Waals surface area contributed by atoms with Crippen molar-refractivity contribution in [2.75, 3.05) is 26.2 Å². The van der Waals surface area contributed by atoms with Crippen molar-refractivity contribution < 1.29 is 28.5 Å². The number of urea groups is 3. The van der Waals surface area contributed by atoms with Crippen LogP contribution in [0.2, 0.25) is 0 Å². The molecule has 0 saturated carbocycles. The fourth-order valence-electron chi connectivity index (χ4n) is 2.79. The Morgan fingerprint density at radius 1 is 0.714 bits per heavy atom. The first-order valence-corrected chi connectivity index (χ1v) is 9.39. The van der Waals surface area contributed by atoms with Gasteiger partial charge in [0.2, 0.25) is 12.2 Å². The number of hydrogen-bond acceptors (Lipinski definition) is 7. The molecule has 10 heteroatoms. The molecule has 10 nitrogen and oxygen atoms in total. The maximum absolute atomic E-state index is 12.5. The third-order valence-electron chi connectivity index (χ3n) is 4.32. The molecule has 0 aromatic carbocycles. The van der Waals surface area contributed by atoms with Crippen LogP contribution in [-0.4, -0.2) is 77.5 Å². The summed E-state index contributed by atoms with van der Waals surface area (Å²) in [5.41, 5.74) is 0. The molecule has 28 heavy (non-hydrogen) atoms. The van der Waals surface area contributed by atoms with Crippen LogP contribution in [0, 0.1) is 0 Å². The molecule has 0 aromatic heterocycles. The maximum atomic E-state index is 12.5. The highest BCUT2D eigenvalue weighted by molar-refractivity contribution is 6.05. The van der Waals surface area contributed by atoms with Gasteiger partial charge in [0.15, 0.2) is 0 Å². The Kier molecular flexibility index (Phi) is 10.9. The zero-order valence-electron chi connectivity index (χ0n) is 16.0. The summed E-state index contributed by atoms with van der Waals surface area (Å²) in [6, 6.07) is -2.06. The molecule has 1 fully saturated rings. The molecule has 0 spiro atoms. The first kappa shape index (κ1) is 23.1. The fraction of sp³-hybridized carbons (Fsp3) is 0.667. The number of isocyanates is 2. The first-order valence-electron chi connectivity index (χ1n) is 9.39. The summed E-state index contributed by atoms with van der Waals surface area (Å²) in [6.07, 6.45) is 8.76. The number of rotatable bonds is 14. The quantitative estimate of drug-likeness (QED) is 0.195. The number of amides is 6. The van der Waals surface area contributed by atoms with E-state index in [4.69, 9.17) is 0 Å². The van der Waals surface area contributed by atoms with Crippen molar-refractivity contribution >= 4 is 37.0 Å². The lowest BCUT2D eigenvalue weighted by molar-refractivity contribution is -0.340. The van der Waals surface area contributed by atoms with E-state index in [-0.39, 0.29) is 13.1 Å². The largest absolute Gasteiger partial charge is 0.455 e. The van der Waals surface area contributed by atoms with Crippen LogP contribution in [0.5, 0.6) is 0 Å². The monoisotopic (exact) mass is 392 g/mol. The molecule has 0 radical (unpaired) electrons. The Morgan fingerprint density at radius 2 is 1.11 bits per heavy atom. The summed E-state index contributed by atoms with van der Waals surface area (Å²) >= 11 is 0. The van der Waals surface area contributed by atoms with E-state index in [0.717, 1.165) is 48.3 Å². The van der Waals surface area contributed by atoms with E-state index in [1.165, 1.54) is 12.2 Å². The number of carbonyl (C=O) groups excluding carboxylic acids is 5. The van der Waals surface area contributed by atoms with E-state index in [0.29, 0.717) is 30.5 Å². The number of aliphatic imine (C=N–C) groups is 2. The van der Waals surface area contributed by atoms with Crippen molar-refractivity contribution in [2.24, 2.45) is 9.98 Å². The van der Waals surface area contributed by atoms with Crippen LogP contribution in [0.25, 0.3) is 0 Å². The Morgan fingerprint density at radius 3 is 1.50 bits per heavy atom. The molecule has 0 aromatic rings. The molecule has 1 aliphatic heterocycles. The highest BCUT2D eigenvalue weighted by Crippen LogP contribution is 2.15. The second-order valence-corrected chi connectivity index (χ2v) is 6.35. The Labute approximate surface area is 163 Å². The van der Waals surface area contributed by atoms with Gasteiger partial charge in [0.1, 0.15) is 0 Å². The summed E-state index contributed by atoms with van der Waals surface area (Å²) in [5.74, 6) is 0. The highest BCUT2D eigenvalue weighted by atomic mass is 16.2. The van der Waals surface area contributed by atoms with Crippen LogP contribution >= 0.6 is 0 Å². The predicted molar refractivity (Wildman–Crippen MR) is 99.9 cm³/mol. The molecule has 1 saturated heterocycles. The molecular formula is C18H26N5O5+. The van der Waals surface area contributed by atoms with E-state index in [2.05, 4.69) is 16.7 Å². The average molecular weight is 392 g/mol. The van der Waals surface area contributed by atoms with Crippen molar-refractivity contribution in [1.29, 1.82) is 0 Å². The Bertz CT molecular complexity index is 626. The van der Waals surface area contributed by atoms with Gasteiger partial charge in [-0.05, 0) is 25.7 Å². The normalized spacial score (nSPS) is 14.1. The topological polar surface area (TPSA) is 120 Å². The number of nitrogens with zero attached hydrogens (tertiary/aromatic N) is 5. The zero-order chi connectivity index (χ0) is 20.8. The van der Waals surface area contributed by atoms with E-state index >= 15 is 0 Å². The minimum Gasteiger partial charge on any atom is -0.212 e. The minimum absolute atomic E-state index is 0.202. The van der Waals surface area contributed by atoms with Gasteiger partial charge in [-0.3, -0.25) is 0 Å². The van der Waals surface area contributed by atoms with E-state index in [1.54, 1.807) is 0 Å². The Balaban J connectivity index is 2.46. The SMILES string of the molecule is C=[N+]1C(=O)N(CCCCCCN=C=O)C(=O)N(CCCCCCN=C=O)C1=O. The van der Waals surface area contributed by atoms with Crippen molar-refractivity contribution in [1.82, 2.24) is 9.80 Å².